The number of piperidine rings is 1. The molecule has 0 saturated carbocycles. The van der Waals surface area contributed by atoms with Crippen LogP contribution >= 0.6 is 0 Å². The summed E-state index contributed by atoms with van der Waals surface area (Å²) in [4.78, 5) is 26.1. The van der Waals surface area contributed by atoms with Crippen molar-refractivity contribution in [2.24, 2.45) is 5.73 Å². The van der Waals surface area contributed by atoms with E-state index >= 15 is 0 Å². The highest BCUT2D eigenvalue weighted by molar-refractivity contribution is 5.90. The van der Waals surface area contributed by atoms with Gasteiger partial charge in [-0.05, 0) is 24.8 Å². The molecular formula is C15H21N3O2. The molecule has 5 nitrogen and oxygen atoms in total. The van der Waals surface area contributed by atoms with E-state index in [0.717, 1.165) is 18.4 Å². The number of amides is 2. The van der Waals surface area contributed by atoms with Crippen molar-refractivity contribution in [3.05, 3.63) is 35.9 Å². The fraction of sp³-hybridized carbons (Fsp3) is 0.467. The zero-order valence-corrected chi connectivity index (χ0v) is 11.7. The van der Waals surface area contributed by atoms with Crippen molar-refractivity contribution in [3.8, 4) is 0 Å². The molecule has 1 aromatic carbocycles. The van der Waals surface area contributed by atoms with Crippen LogP contribution in [0.2, 0.25) is 0 Å². The molecule has 1 aromatic rings. The van der Waals surface area contributed by atoms with Crippen molar-refractivity contribution in [3.63, 3.8) is 0 Å². The Morgan fingerprint density at radius 1 is 1.30 bits per heavy atom. The van der Waals surface area contributed by atoms with Crippen molar-refractivity contribution in [1.29, 1.82) is 0 Å². The van der Waals surface area contributed by atoms with Crippen LogP contribution in [0, 0.1) is 0 Å². The van der Waals surface area contributed by atoms with Crippen LogP contribution in [0.25, 0.3) is 0 Å². The smallest absolute Gasteiger partial charge is 0.244 e. The molecule has 0 aromatic heterocycles. The van der Waals surface area contributed by atoms with E-state index in [1.807, 2.05) is 30.3 Å². The molecule has 3 N–H and O–H groups in total. The molecule has 20 heavy (non-hydrogen) atoms. The lowest BCUT2D eigenvalue weighted by Crippen LogP contribution is -2.53. The number of carbonyl (C=O) groups excluding carboxylic acids is 2. The minimum Gasteiger partial charge on any atom is -0.357 e. The summed E-state index contributed by atoms with van der Waals surface area (Å²) in [6.07, 6.45) is 2.58. The molecule has 0 aliphatic carbocycles. The number of hydrogen-bond acceptors (Lipinski definition) is 3. The number of rotatable bonds is 3. The normalized spacial score (nSPS) is 20.3. The molecule has 1 saturated heterocycles. The van der Waals surface area contributed by atoms with Crippen molar-refractivity contribution >= 4 is 11.8 Å². The van der Waals surface area contributed by atoms with Crippen molar-refractivity contribution in [2.45, 2.75) is 31.3 Å². The highest BCUT2D eigenvalue weighted by Crippen LogP contribution is 2.21. The molecule has 108 valence electrons. The summed E-state index contributed by atoms with van der Waals surface area (Å²) in [6, 6.07) is 8.17. The topological polar surface area (TPSA) is 75.4 Å². The molecular weight excluding hydrogens is 254 g/mol. The van der Waals surface area contributed by atoms with Gasteiger partial charge in [-0.15, -0.1) is 0 Å². The Hall–Kier alpha value is -1.88. The van der Waals surface area contributed by atoms with Crippen LogP contribution in [0.5, 0.6) is 0 Å². The molecule has 2 rings (SSSR count). The summed E-state index contributed by atoms with van der Waals surface area (Å²) in [5.74, 6) is -0.289. The highest BCUT2D eigenvalue weighted by Gasteiger charge is 2.34. The van der Waals surface area contributed by atoms with Gasteiger partial charge in [0.15, 0.2) is 0 Å². The number of nitrogens with zero attached hydrogens (tertiary/aromatic N) is 1. The van der Waals surface area contributed by atoms with E-state index in [1.165, 1.54) is 0 Å². The lowest BCUT2D eigenvalue weighted by molar-refractivity contribution is -0.143. The van der Waals surface area contributed by atoms with Gasteiger partial charge in [0, 0.05) is 13.6 Å². The van der Waals surface area contributed by atoms with Gasteiger partial charge >= 0.3 is 0 Å². The third-order valence-electron chi connectivity index (χ3n) is 3.76. The van der Waals surface area contributed by atoms with E-state index in [-0.39, 0.29) is 11.8 Å². The van der Waals surface area contributed by atoms with Gasteiger partial charge < -0.3 is 16.0 Å². The Morgan fingerprint density at radius 2 is 2.00 bits per heavy atom. The minimum atomic E-state index is -0.707. The first kappa shape index (κ1) is 14.5. The highest BCUT2D eigenvalue weighted by atomic mass is 16.2. The first-order valence-corrected chi connectivity index (χ1v) is 6.97. The van der Waals surface area contributed by atoms with Gasteiger partial charge in [0.2, 0.25) is 11.8 Å². The average molecular weight is 275 g/mol. The first-order valence-electron chi connectivity index (χ1n) is 6.97. The van der Waals surface area contributed by atoms with Crippen LogP contribution < -0.4 is 11.1 Å². The predicted octanol–water partition coefficient (Wildman–Crippen LogP) is 0.814. The fourth-order valence-corrected chi connectivity index (χ4v) is 2.62. The Morgan fingerprint density at radius 3 is 2.65 bits per heavy atom. The van der Waals surface area contributed by atoms with E-state index in [4.69, 9.17) is 5.73 Å². The summed E-state index contributed by atoms with van der Waals surface area (Å²) in [7, 11) is 1.59. The number of nitrogens with two attached hydrogens (primary N) is 1. The van der Waals surface area contributed by atoms with Crippen molar-refractivity contribution in [1.82, 2.24) is 10.2 Å². The largest absolute Gasteiger partial charge is 0.357 e. The Bertz CT molecular complexity index is 475. The maximum Gasteiger partial charge on any atom is 0.244 e. The lowest BCUT2D eigenvalue weighted by atomic mass is 9.98. The Kier molecular flexibility index (Phi) is 4.74. The molecule has 0 spiro atoms. The monoisotopic (exact) mass is 275 g/mol. The summed E-state index contributed by atoms with van der Waals surface area (Å²) in [5.41, 5.74) is 6.83. The second kappa shape index (κ2) is 6.52. The second-order valence-corrected chi connectivity index (χ2v) is 5.05. The van der Waals surface area contributed by atoms with Crippen LogP contribution in [0.15, 0.2) is 30.3 Å². The molecule has 1 aliphatic rings. The molecule has 5 heteroatoms. The predicted molar refractivity (Wildman–Crippen MR) is 76.8 cm³/mol. The summed E-state index contributed by atoms with van der Waals surface area (Å²) in [5, 5.41) is 2.62. The zero-order valence-electron chi connectivity index (χ0n) is 11.7. The Balaban J connectivity index is 2.15. The summed E-state index contributed by atoms with van der Waals surface area (Å²) in [6.45, 7) is 0.595. The molecule has 2 atom stereocenters. The first-order chi connectivity index (χ1) is 9.65. The quantitative estimate of drug-likeness (QED) is 0.857. The standard InChI is InChI=1S/C15H21N3O2/c1-17-14(19)12-9-5-6-10-18(12)15(20)13(16)11-7-3-2-4-8-11/h2-4,7-8,12-13H,5-6,9-10,16H2,1H3,(H,17,19)/t12?,13-/m0/s1. The minimum absolute atomic E-state index is 0.113. The molecule has 1 fully saturated rings. The van der Waals surface area contributed by atoms with Crippen LogP contribution in [0.3, 0.4) is 0 Å². The third kappa shape index (κ3) is 2.99. The van der Waals surface area contributed by atoms with Crippen molar-refractivity contribution < 1.29 is 9.59 Å². The third-order valence-corrected chi connectivity index (χ3v) is 3.76. The van der Waals surface area contributed by atoms with Crippen LogP contribution in [-0.4, -0.2) is 36.3 Å². The second-order valence-electron chi connectivity index (χ2n) is 5.05. The van der Waals surface area contributed by atoms with Gasteiger partial charge in [0.1, 0.15) is 12.1 Å². The molecule has 2 amide bonds. The van der Waals surface area contributed by atoms with Gasteiger partial charge in [-0.1, -0.05) is 30.3 Å². The van der Waals surface area contributed by atoms with Crippen LogP contribution in [-0.2, 0) is 9.59 Å². The van der Waals surface area contributed by atoms with Crippen LogP contribution in [0.1, 0.15) is 30.9 Å². The van der Waals surface area contributed by atoms with E-state index in [9.17, 15) is 9.59 Å². The zero-order chi connectivity index (χ0) is 14.5. The maximum atomic E-state index is 12.6. The number of likely N-dealkylation sites (tertiary alicyclic amines) is 1. The summed E-state index contributed by atoms with van der Waals surface area (Å²) >= 11 is 0. The van der Waals surface area contributed by atoms with Crippen LogP contribution in [0.4, 0.5) is 0 Å². The average Bonchev–Trinajstić information content (AvgIpc) is 2.53. The van der Waals surface area contributed by atoms with Crippen molar-refractivity contribution in [2.75, 3.05) is 13.6 Å². The summed E-state index contributed by atoms with van der Waals surface area (Å²) < 4.78 is 0. The molecule has 0 bridgehead atoms. The molecule has 0 radical (unpaired) electrons. The van der Waals surface area contributed by atoms with Gasteiger partial charge in [-0.25, -0.2) is 0 Å². The number of carbonyl (C=O) groups is 2. The van der Waals surface area contributed by atoms with E-state index < -0.39 is 12.1 Å². The number of nitrogens with one attached hydrogen (secondary N) is 1. The van der Waals surface area contributed by atoms with Gasteiger partial charge in [-0.2, -0.15) is 0 Å². The molecule has 1 heterocycles. The number of hydrogen-bond donors (Lipinski definition) is 2. The Labute approximate surface area is 119 Å². The van der Waals surface area contributed by atoms with E-state index in [0.29, 0.717) is 13.0 Å². The van der Waals surface area contributed by atoms with E-state index in [2.05, 4.69) is 5.32 Å². The SMILES string of the molecule is CNC(=O)C1CCCCN1C(=O)[C@@H](N)c1ccccc1. The van der Waals surface area contributed by atoms with E-state index in [1.54, 1.807) is 11.9 Å². The maximum absolute atomic E-state index is 12.6. The fourth-order valence-electron chi connectivity index (χ4n) is 2.62. The lowest BCUT2D eigenvalue weighted by Gasteiger charge is -2.36. The number of likely N-dealkylation sites (N-methyl/N-ethyl adjacent to an activating group) is 1. The molecule has 1 unspecified atom stereocenters. The molecule has 1 aliphatic heterocycles. The van der Waals surface area contributed by atoms with Gasteiger partial charge in [-0.3, -0.25) is 9.59 Å². The van der Waals surface area contributed by atoms with Gasteiger partial charge in [0.25, 0.3) is 0 Å². The number of benzene rings is 1. The van der Waals surface area contributed by atoms with Gasteiger partial charge in [0.05, 0.1) is 0 Å².